The number of ether oxygens (including phenoxy) is 1. The molecule has 23 heavy (non-hydrogen) atoms. The summed E-state index contributed by atoms with van der Waals surface area (Å²) in [6, 6.07) is 11.2. The van der Waals surface area contributed by atoms with Crippen molar-refractivity contribution in [2.45, 2.75) is 0 Å². The van der Waals surface area contributed by atoms with Crippen molar-refractivity contribution in [3.05, 3.63) is 76.7 Å². The number of aromatic carboxylic acids is 1. The van der Waals surface area contributed by atoms with Crippen molar-refractivity contribution in [1.82, 2.24) is 0 Å². The maximum absolute atomic E-state index is 12.9. The highest BCUT2D eigenvalue weighted by atomic mass is 19.1. The smallest absolute Gasteiger partial charge is 0.363 e. The fraction of sp³-hybridized carbons (Fsp3) is 0. The average molecular weight is 310 g/mol. The number of hydrogen-bond acceptors (Lipinski definition) is 5. The van der Waals surface area contributed by atoms with E-state index in [-0.39, 0.29) is 17.2 Å². The number of aliphatic imine (C=N–C) groups is 1. The van der Waals surface area contributed by atoms with Gasteiger partial charge in [-0.25, -0.2) is 14.2 Å². The molecule has 0 atom stereocenters. The molecule has 0 bridgehead atoms. The van der Waals surface area contributed by atoms with Crippen LogP contribution in [0.4, 0.5) is 4.39 Å². The minimum absolute atomic E-state index is 0.0386. The highest BCUT2D eigenvalue weighted by Gasteiger charge is 2.24. The standard InChI is InChI=1S/C17H10FNO4/c18-13-7-5-11(6-8-13)15-19-14(17(22)23-15)9-10-1-3-12(4-2-10)16(20)21/h1-9H,(H,20,21)/p-1/b14-9+. The van der Waals surface area contributed by atoms with Crippen LogP contribution < -0.4 is 5.11 Å². The van der Waals surface area contributed by atoms with E-state index in [9.17, 15) is 19.1 Å². The summed E-state index contributed by atoms with van der Waals surface area (Å²) in [5, 5.41) is 10.7. The Labute approximate surface area is 130 Å². The molecule has 0 saturated heterocycles. The molecule has 0 spiro atoms. The minimum atomic E-state index is -1.28. The number of carboxylic acids is 1. The normalized spacial score (nSPS) is 15.4. The lowest BCUT2D eigenvalue weighted by Crippen LogP contribution is -2.21. The van der Waals surface area contributed by atoms with Crippen molar-refractivity contribution < 1.29 is 23.8 Å². The second kappa shape index (κ2) is 5.84. The topological polar surface area (TPSA) is 78.8 Å². The summed E-state index contributed by atoms with van der Waals surface area (Å²) in [7, 11) is 0. The molecule has 2 aromatic rings. The summed E-state index contributed by atoms with van der Waals surface area (Å²) in [4.78, 5) is 26.6. The summed E-state index contributed by atoms with van der Waals surface area (Å²) in [5.41, 5.74) is 1.18. The molecule has 5 nitrogen and oxygen atoms in total. The Morgan fingerprint density at radius 3 is 2.35 bits per heavy atom. The number of esters is 1. The molecule has 2 aromatic carbocycles. The predicted molar refractivity (Wildman–Crippen MR) is 77.8 cm³/mol. The van der Waals surface area contributed by atoms with Gasteiger partial charge in [-0.15, -0.1) is 0 Å². The third-order valence-corrected chi connectivity index (χ3v) is 3.16. The number of hydrogen-bond donors (Lipinski definition) is 0. The first kappa shape index (κ1) is 14.6. The van der Waals surface area contributed by atoms with Crippen LogP contribution in [0.1, 0.15) is 21.5 Å². The van der Waals surface area contributed by atoms with Gasteiger partial charge in [-0.2, -0.15) is 0 Å². The van der Waals surface area contributed by atoms with E-state index >= 15 is 0 Å². The van der Waals surface area contributed by atoms with Crippen molar-refractivity contribution in [3.8, 4) is 0 Å². The van der Waals surface area contributed by atoms with E-state index in [1.54, 1.807) is 0 Å². The van der Waals surface area contributed by atoms with Gasteiger partial charge in [-0.05, 0) is 41.5 Å². The molecule has 0 N–H and O–H groups in total. The molecule has 0 unspecified atom stereocenters. The lowest BCUT2D eigenvalue weighted by Gasteiger charge is -2.01. The summed E-state index contributed by atoms with van der Waals surface area (Å²) >= 11 is 0. The number of halogens is 1. The van der Waals surface area contributed by atoms with Gasteiger partial charge in [0.15, 0.2) is 5.70 Å². The molecular formula is C17H9FNO4-. The zero-order chi connectivity index (χ0) is 16.4. The van der Waals surface area contributed by atoms with E-state index in [4.69, 9.17) is 4.74 Å². The molecule has 1 heterocycles. The third kappa shape index (κ3) is 3.16. The van der Waals surface area contributed by atoms with Crippen molar-refractivity contribution in [1.29, 1.82) is 0 Å². The Bertz CT molecular complexity index is 836. The number of carboxylic acid groups (broad SMARTS) is 1. The van der Waals surface area contributed by atoms with Crippen molar-refractivity contribution in [2.75, 3.05) is 0 Å². The number of cyclic esters (lactones) is 1. The van der Waals surface area contributed by atoms with Gasteiger partial charge >= 0.3 is 5.97 Å². The number of carbonyl (C=O) groups is 2. The maximum atomic E-state index is 12.9. The zero-order valence-corrected chi connectivity index (χ0v) is 11.7. The molecule has 1 aliphatic rings. The molecule has 0 amide bonds. The molecule has 0 saturated carbocycles. The molecule has 0 fully saturated rings. The quantitative estimate of drug-likeness (QED) is 0.636. The Kier molecular flexibility index (Phi) is 3.72. The molecule has 0 radical (unpaired) electrons. The number of carbonyl (C=O) groups excluding carboxylic acids is 2. The van der Waals surface area contributed by atoms with Crippen molar-refractivity contribution in [2.24, 2.45) is 4.99 Å². The van der Waals surface area contributed by atoms with Gasteiger partial charge in [0.05, 0.1) is 5.97 Å². The SMILES string of the molecule is O=C1OC(c2ccc(F)cc2)=N/C1=C/c1ccc(C(=O)[O-])cc1. The number of benzene rings is 2. The van der Waals surface area contributed by atoms with Gasteiger partial charge in [0, 0.05) is 5.56 Å². The fourth-order valence-corrected chi connectivity index (χ4v) is 2.00. The lowest BCUT2D eigenvalue weighted by atomic mass is 10.1. The molecule has 3 rings (SSSR count). The Hall–Kier alpha value is -3.28. The lowest BCUT2D eigenvalue weighted by molar-refractivity contribution is -0.255. The van der Waals surface area contributed by atoms with Crippen molar-refractivity contribution in [3.63, 3.8) is 0 Å². The molecule has 1 aliphatic heterocycles. The van der Waals surface area contributed by atoms with Crippen LogP contribution >= 0.6 is 0 Å². The molecule has 6 heteroatoms. The first-order valence-corrected chi connectivity index (χ1v) is 6.63. The highest BCUT2D eigenvalue weighted by molar-refractivity contribution is 6.12. The average Bonchev–Trinajstić information content (AvgIpc) is 2.89. The first-order chi connectivity index (χ1) is 11.0. The van der Waals surface area contributed by atoms with Crippen LogP contribution in [0.15, 0.2) is 59.2 Å². The van der Waals surface area contributed by atoms with Crippen LogP contribution in [0, 0.1) is 5.82 Å². The van der Waals surface area contributed by atoms with Crippen LogP contribution in [-0.4, -0.2) is 17.8 Å². The summed E-state index contributed by atoms with van der Waals surface area (Å²) in [5.74, 6) is -2.22. The van der Waals surface area contributed by atoms with E-state index in [2.05, 4.69) is 4.99 Å². The van der Waals surface area contributed by atoms with Crippen molar-refractivity contribution >= 4 is 23.9 Å². The van der Waals surface area contributed by atoms with E-state index in [1.165, 1.54) is 54.6 Å². The van der Waals surface area contributed by atoms with E-state index in [0.717, 1.165) is 0 Å². The van der Waals surface area contributed by atoms with Crippen LogP contribution in [0.3, 0.4) is 0 Å². The second-order valence-electron chi connectivity index (χ2n) is 4.75. The maximum Gasteiger partial charge on any atom is 0.363 e. The van der Waals surface area contributed by atoms with Gasteiger partial charge in [-0.3, -0.25) is 0 Å². The van der Waals surface area contributed by atoms with E-state index in [1.807, 2.05) is 0 Å². The summed E-state index contributed by atoms with van der Waals surface area (Å²) in [6.07, 6.45) is 1.47. The first-order valence-electron chi connectivity index (χ1n) is 6.63. The van der Waals surface area contributed by atoms with Gasteiger partial charge in [0.2, 0.25) is 5.90 Å². The second-order valence-corrected chi connectivity index (χ2v) is 4.75. The third-order valence-electron chi connectivity index (χ3n) is 3.16. The monoisotopic (exact) mass is 310 g/mol. The number of nitrogens with zero attached hydrogens (tertiary/aromatic N) is 1. The predicted octanol–water partition coefficient (Wildman–Crippen LogP) is 1.53. The highest BCUT2D eigenvalue weighted by Crippen LogP contribution is 2.19. The molecule has 0 aromatic heterocycles. The molecular weight excluding hydrogens is 301 g/mol. The minimum Gasteiger partial charge on any atom is -0.545 e. The number of rotatable bonds is 3. The summed E-state index contributed by atoms with van der Waals surface area (Å²) < 4.78 is 17.9. The van der Waals surface area contributed by atoms with Gasteiger partial charge in [-0.1, -0.05) is 24.3 Å². The Morgan fingerprint density at radius 1 is 1.09 bits per heavy atom. The van der Waals surface area contributed by atoms with E-state index in [0.29, 0.717) is 11.1 Å². The fourth-order valence-electron chi connectivity index (χ4n) is 2.00. The Balaban J connectivity index is 1.88. The van der Waals surface area contributed by atoms with Gasteiger partial charge in [0.1, 0.15) is 5.82 Å². The van der Waals surface area contributed by atoms with Crippen LogP contribution in [0.5, 0.6) is 0 Å². The van der Waals surface area contributed by atoms with Crippen LogP contribution in [0.2, 0.25) is 0 Å². The molecule has 0 aliphatic carbocycles. The van der Waals surface area contributed by atoms with Crippen LogP contribution in [0.25, 0.3) is 6.08 Å². The van der Waals surface area contributed by atoms with E-state index < -0.39 is 17.8 Å². The summed E-state index contributed by atoms with van der Waals surface area (Å²) in [6.45, 7) is 0. The van der Waals surface area contributed by atoms with Gasteiger partial charge in [0.25, 0.3) is 0 Å². The Morgan fingerprint density at radius 2 is 1.74 bits per heavy atom. The van der Waals surface area contributed by atoms with Gasteiger partial charge < -0.3 is 14.6 Å². The molecule has 114 valence electrons. The van der Waals surface area contributed by atoms with Crippen LogP contribution in [-0.2, 0) is 9.53 Å². The largest absolute Gasteiger partial charge is 0.545 e. The zero-order valence-electron chi connectivity index (χ0n) is 11.7.